The molecule has 1 aromatic heterocycles. The molecule has 0 fully saturated rings. The highest BCUT2D eigenvalue weighted by molar-refractivity contribution is 6.07. The first-order valence-corrected chi connectivity index (χ1v) is 8.11. The molecule has 1 rings (SSSR count). The molecule has 138 valence electrons. The maximum Gasteiger partial charge on any atom is 0.343 e. The van der Waals surface area contributed by atoms with E-state index in [1.165, 1.54) is 6.92 Å². The van der Waals surface area contributed by atoms with E-state index < -0.39 is 23.4 Å². The van der Waals surface area contributed by atoms with Gasteiger partial charge in [0, 0.05) is 12.6 Å². The fourth-order valence-corrected chi connectivity index (χ4v) is 2.47. The van der Waals surface area contributed by atoms with E-state index in [-0.39, 0.29) is 26.1 Å². The zero-order valence-electron chi connectivity index (χ0n) is 15.0. The van der Waals surface area contributed by atoms with E-state index >= 15 is 0 Å². The molecular weight excluding hydrogens is 326 g/mol. The molecule has 0 aliphatic carbocycles. The van der Waals surface area contributed by atoms with Crippen molar-refractivity contribution in [2.75, 3.05) is 18.9 Å². The maximum atomic E-state index is 12.5. The van der Waals surface area contributed by atoms with Crippen LogP contribution in [0.25, 0.3) is 0 Å². The molecule has 0 aliphatic rings. The Hall–Kier alpha value is -2.64. The van der Waals surface area contributed by atoms with E-state index in [0.717, 1.165) is 5.56 Å². The van der Waals surface area contributed by atoms with Crippen LogP contribution in [-0.2, 0) is 30.3 Å². The molecule has 0 aliphatic heterocycles. The molecule has 1 aromatic rings. The Balaban J connectivity index is 3.19. The van der Waals surface area contributed by atoms with Gasteiger partial charge in [-0.1, -0.05) is 0 Å². The van der Waals surface area contributed by atoms with Crippen molar-refractivity contribution in [2.45, 2.75) is 46.1 Å². The first kappa shape index (κ1) is 20.4. The SMILES string of the molecule is CCOC(=O)C(CCc1cc(C)cc(N)n1)(NC(C)=O)C(=O)OCC. The number of aryl methyl sites for hydroxylation is 2. The molecule has 0 saturated heterocycles. The van der Waals surface area contributed by atoms with Crippen molar-refractivity contribution in [1.29, 1.82) is 0 Å². The summed E-state index contributed by atoms with van der Waals surface area (Å²) in [5, 5.41) is 2.41. The standard InChI is InChI=1S/C17H25N3O5/c1-5-24-15(22)17(20-12(4)21,16(23)25-6-2)8-7-13-9-11(3)10-14(18)19-13/h9-10H,5-8H2,1-4H3,(H2,18,19)(H,20,21). The van der Waals surface area contributed by atoms with Crippen molar-refractivity contribution in [3.05, 3.63) is 23.4 Å². The van der Waals surface area contributed by atoms with E-state index in [4.69, 9.17) is 15.2 Å². The highest BCUT2D eigenvalue weighted by atomic mass is 16.6. The fourth-order valence-electron chi connectivity index (χ4n) is 2.47. The summed E-state index contributed by atoms with van der Waals surface area (Å²) in [7, 11) is 0. The van der Waals surface area contributed by atoms with Crippen molar-refractivity contribution >= 4 is 23.7 Å². The minimum Gasteiger partial charge on any atom is -0.464 e. The van der Waals surface area contributed by atoms with Crippen LogP contribution < -0.4 is 11.1 Å². The summed E-state index contributed by atoms with van der Waals surface area (Å²) in [6, 6.07) is 3.51. The summed E-state index contributed by atoms with van der Waals surface area (Å²) >= 11 is 0. The molecule has 0 spiro atoms. The number of nitrogens with zero attached hydrogens (tertiary/aromatic N) is 1. The fraction of sp³-hybridized carbons (Fsp3) is 0.529. The quantitative estimate of drug-likeness (QED) is 0.527. The highest BCUT2D eigenvalue weighted by Crippen LogP contribution is 2.20. The summed E-state index contributed by atoms with van der Waals surface area (Å²) in [4.78, 5) is 40.8. The number of nitrogen functional groups attached to an aromatic ring is 1. The predicted octanol–water partition coefficient (Wildman–Crippen LogP) is 0.906. The largest absolute Gasteiger partial charge is 0.464 e. The summed E-state index contributed by atoms with van der Waals surface area (Å²) in [6.07, 6.45) is 0.171. The van der Waals surface area contributed by atoms with Gasteiger partial charge in [-0.3, -0.25) is 4.79 Å². The van der Waals surface area contributed by atoms with Gasteiger partial charge < -0.3 is 20.5 Å². The summed E-state index contributed by atoms with van der Waals surface area (Å²) in [5.74, 6) is -1.92. The molecule has 8 nitrogen and oxygen atoms in total. The third-order valence-corrected chi connectivity index (χ3v) is 3.44. The number of hydrogen-bond donors (Lipinski definition) is 2. The molecule has 0 unspecified atom stereocenters. The van der Waals surface area contributed by atoms with Crippen molar-refractivity contribution in [2.24, 2.45) is 0 Å². The summed E-state index contributed by atoms with van der Waals surface area (Å²) in [5.41, 5.74) is 5.31. The van der Waals surface area contributed by atoms with Crippen LogP contribution >= 0.6 is 0 Å². The van der Waals surface area contributed by atoms with Gasteiger partial charge in [-0.15, -0.1) is 0 Å². The Morgan fingerprint density at radius 2 is 1.72 bits per heavy atom. The van der Waals surface area contributed by atoms with Crippen molar-refractivity contribution in [3.63, 3.8) is 0 Å². The topological polar surface area (TPSA) is 121 Å². The molecule has 0 bridgehead atoms. The van der Waals surface area contributed by atoms with Gasteiger partial charge in [-0.25, -0.2) is 14.6 Å². The number of esters is 2. The molecule has 0 aromatic carbocycles. The number of rotatable bonds is 8. The van der Waals surface area contributed by atoms with Gasteiger partial charge in [0.05, 0.1) is 13.2 Å². The Bertz CT molecular complexity index is 607. The summed E-state index contributed by atoms with van der Waals surface area (Å²) in [6.45, 7) is 6.44. The monoisotopic (exact) mass is 351 g/mol. The Morgan fingerprint density at radius 3 is 2.16 bits per heavy atom. The average Bonchev–Trinajstić information content (AvgIpc) is 2.50. The summed E-state index contributed by atoms with van der Waals surface area (Å²) < 4.78 is 10.0. The van der Waals surface area contributed by atoms with Gasteiger partial charge in [-0.2, -0.15) is 0 Å². The molecule has 1 heterocycles. The number of amides is 1. The predicted molar refractivity (Wildman–Crippen MR) is 91.5 cm³/mol. The molecule has 0 saturated carbocycles. The number of pyridine rings is 1. The van der Waals surface area contributed by atoms with E-state index in [1.807, 2.05) is 6.92 Å². The molecule has 1 amide bonds. The van der Waals surface area contributed by atoms with Crippen LogP contribution in [0, 0.1) is 6.92 Å². The number of nitrogens with one attached hydrogen (secondary N) is 1. The second kappa shape index (κ2) is 9.00. The Morgan fingerprint density at radius 1 is 1.16 bits per heavy atom. The van der Waals surface area contributed by atoms with Gasteiger partial charge in [0.1, 0.15) is 5.82 Å². The normalized spacial score (nSPS) is 10.9. The number of nitrogens with two attached hydrogens (primary N) is 1. The minimum atomic E-state index is -1.92. The van der Waals surface area contributed by atoms with Crippen LogP contribution in [0.2, 0.25) is 0 Å². The van der Waals surface area contributed by atoms with Gasteiger partial charge in [0.25, 0.3) is 0 Å². The lowest BCUT2D eigenvalue weighted by Crippen LogP contribution is -2.61. The first-order chi connectivity index (χ1) is 11.7. The van der Waals surface area contributed by atoms with E-state index in [2.05, 4.69) is 10.3 Å². The third-order valence-electron chi connectivity index (χ3n) is 3.44. The second-order valence-electron chi connectivity index (χ2n) is 5.59. The van der Waals surface area contributed by atoms with Crippen molar-refractivity contribution in [3.8, 4) is 0 Å². The van der Waals surface area contributed by atoms with E-state index in [0.29, 0.717) is 11.5 Å². The van der Waals surface area contributed by atoms with Gasteiger partial charge in [-0.05, 0) is 51.3 Å². The second-order valence-corrected chi connectivity index (χ2v) is 5.59. The van der Waals surface area contributed by atoms with Crippen LogP contribution in [0.15, 0.2) is 12.1 Å². The smallest absolute Gasteiger partial charge is 0.343 e. The first-order valence-electron chi connectivity index (χ1n) is 8.11. The molecule has 8 heteroatoms. The zero-order chi connectivity index (χ0) is 19.0. The molecule has 3 N–H and O–H groups in total. The van der Waals surface area contributed by atoms with Crippen LogP contribution in [-0.4, -0.2) is 41.6 Å². The Labute approximate surface area is 147 Å². The highest BCUT2D eigenvalue weighted by Gasteiger charge is 2.49. The number of carbonyl (C=O) groups excluding carboxylic acids is 3. The lowest BCUT2D eigenvalue weighted by atomic mass is 9.91. The number of ether oxygens (including phenoxy) is 2. The van der Waals surface area contributed by atoms with Crippen LogP contribution in [0.1, 0.15) is 38.4 Å². The van der Waals surface area contributed by atoms with Crippen LogP contribution in [0.5, 0.6) is 0 Å². The number of carbonyl (C=O) groups is 3. The van der Waals surface area contributed by atoms with Gasteiger partial charge in [0.15, 0.2) is 0 Å². The molecule has 25 heavy (non-hydrogen) atoms. The van der Waals surface area contributed by atoms with Gasteiger partial charge >= 0.3 is 11.9 Å². The lowest BCUT2D eigenvalue weighted by molar-refractivity contribution is -0.168. The van der Waals surface area contributed by atoms with Gasteiger partial charge in [0.2, 0.25) is 11.4 Å². The zero-order valence-corrected chi connectivity index (χ0v) is 15.0. The average molecular weight is 351 g/mol. The van der Waals surface area contributed by atoms with Crippen LogP contribution in [0.3, 0.4) is 0 Å². The molecule has 0 atom stereocenters. The lowest BCUT2D eigenvalue weighted by Gasteiger charge is -2.29. The van der Waals surface area contributed by atoms with Crippen molar-refractivity contribution in [1.82, 2.24) is 10.3 Å². The molecular formula is C17H25N3O5. The third kappa shape index (κ3) is 5.44. The number of aromatic nitrogens is 1. The van der Waals surface area contributed by atoms with E-state index in [1.54, 1.807) is 26.0 Å². The van der Waals surface area contributed by atoms with Crippen molar-refractivity contribution < 1.29 is 23.9 Å². The maximum absolute atomic E-state index is 12.5. The number of anilines is 1. The number of hydrogen-bond acceptors (Lipinski definition) is 7. The van der Waals surface area contributed by atoms with Crippen LogP contribution in [0.4, 0.5) is 5.82 Å². The molecule has 0 radical (unpaired) electrons. The van der Waals surface area contributed by atoms with E-state index in [9.17, 15) is 14.4 Å². The minimum absolute atomic E-state index is 0.0554. The Kier molecular flexibility index (Phi) is 7.35.